The Balaban J connectivity index is 1.68. The highest BCUT2D eigenvalue weighted by Crippen LogP contribution is 2.21. The predicted molar refractivity (Wildman–Crippen MR) is 71.3 cm³/mol. The molecule has 0 aliphatic carbocycles. The van der Waals surface area contributed by atoms with Gasteiger partial charge in [-0.05, 0) is 45.0 Å². The lowest BCUT2D eigenvalue weighted by Gasteiger charge is -2.20. The fourth-order valence-electron chi connectivity index (χ4n) is 2.14. The second-order valence-corrected chi connectivity index (χ2v) is 6.30. The number of hydrogen-bond donors (Lipinski definition) is 1. The first-order chi connectivity index (χ1) is 7.74. The maximum atomic E-state index is 5.90. The van der Waals surface area contributed by atoms with Crippen LogP contribution in [-0.4, -0.2) is 30.6 Å². The zero-order valence-corrected chi connectivity index (χ0v) is 11.3. The summed E-state index contributed by atoms with van der Waals surface area (Å²) in [7, 11) is 0. The molecule has 1 atom stereocenters. The van der Waals surface area contributed by atoms with Gasteiger partial charge in [-0.3, -0.25) is 0 Å². The van der Waals surface area contributed by atoms with Gasteiger partial charge in [-0.25, -0.2) is 0 Å². The van der Waals surface area contributed by atoms with Crippen LogP contribution in [0.25, 0.3) is 0 Å². The lowest BCUT2D eigenvalue weighted by molar-refractivity contribution is 0.298. The van der Waals surface area contributed by atoms with Gasteiger partial charge >= 0.3 is 0 Å². The monoisotopic (exact) mass is 258 g/mol. The van der Waals surface area contributed by atoms with E-state index in [2.05, 4.69) is 23.2 Å². The predicted octanol–water partition coefficient (Wildman–Crippen LogP) is 2.98. The van der Waals surface area contributed by atoms with E-state index in [1.807, 2.05) is 6.07 Å². The molecule has 1 N–H and O–H groups in total. The Morgan fingerprint density at radius 2 is 2.19 bits per heavy atom. The number of nitrogens with one attached hydrogen (secondary N) is 1. The minimum atomic E-state index is 0.555. The molecule has 16 heavy (non-hydrogen) atoms. The van der Waals surface area contributed by atoms with E-state index < -0.39 is 0 Å². The van der Waals surface area contributed by atoms with Crippen LogP contribution in [0.15, 0.2) is 12.1 Å². The topological polar surface area (TPSA) is 15.3 Å². The maximum Gasteiger partial charge on any atom is 0.0931 e. The fraction of sp³-hybridized carbons (Fsp3) is 0.667. The molecule has 90 valence electrons. The van der Waals surface area contributed by atoms with Crippen LogP contribution in [0, 0.1) is 0 Å². The summed E-state index contributed by atoms with van der Waals surface area (Å²) in [6, 6.07) is 4.62. The van der Waals surface area contributed by atoms with Crippen LogP contribution in [0.2, 0.25) is 4.34 Å². The first kappa shape index (κ1) is 12.4. The van der Waals surface area contributed by atoms with Gasteiger partial charge in [0.05, 0.1) is 4.34 Å². The van der Waals surface area contributed by atoms with Crippen molar-refractivity contribution in [3.05, 3.63) is 21.3 Å². The molecule has 0 saturated carbocycles. The molecule has 2 rings (SSSR count). The largest absolute Gasteiger partial charge is 0.308 e. The number of thiophene rings is 1. The molecule has 1 aromatic rings. The van der Waals surface area contributed by atoms with E-state index >= 15 is 0 Å². The third-order valence-corrected chi connectivity index (χ3v) is 4.22. The highest BCUT2D eigenvalue weighted by Gasteiger charge is 2.14. The smallest absolute Gasteiger partial charge is 0.0931 e. The Labute approximate surface area is 107 Å². The number of halogens is 1. The molecule has 2 nitrogen and oxygen atoms in total. The molecular weight excluding hydrogens is 240 g/mol. The Hall–Kier alpha value is -0.0900. The Morgan fingerprint density at radius 3 is 2.81 bits per heavy atom. The van der Waals surface area contributed by atoms with Crippen molar-refractivity contribution in [3.8, 4) is 0 Å². The minimum absolute atomic E-state index is 0.555. The molecule has 0 bridgehead atoms. The standard InChI is InChI=1S/C12H19ClN2S/c1-10(9-15-6-2-3-7-15)14-8-11-4-5-12(13)16-11/h4-5,10,14H,2-3,6-9H2,1H3. The summed E-state index contributed by atoms with van der Waals surface area (Å²) in [5, 5.41) is 3.55. The van der Waals surface area contributed by atoms with Crippen molar-refractivity contribution in [2.24, 2.45) is 0 Å². The third kappa shape index (κ3) is 3.74. The normalized spacial score (nSPS) is 19.1. The zero-order valence-electron chi connectivity index (χ0n) is 9.71. The van der Waals surface area contributed by atoms with E-state index in [0.29, 0.717) is 6.04 Å². The van der Waals surface area contributed by atoms with Crippen LogP contribution in [-0.2, 0) is 6.54 Å². The van der Waals surface area contributed by atoms with Crippen molar-refractivity contribution >= 4 is 22.9 Å². The van der Waals surface area contributed by atoms with Crippen molar-refractivity contribution in [1.29, 1.82) is 0 Å². The SMILES string of the molecule is CC(CN1CCCC1)NCc1ccc(Cl)s1. The average molecular weight is 259 g/mol. The van der Waals surface area contributed by atoms with Crippen LogP contribution in [0.4, 0.5) is 0 Å². The van der Waals surface area contributed by atoms with E-state index in [0.717, 1.165) is 10.9 Å². The number of rotatable bonds is 5. The zero-order chi connectivity index (χ0) is 11.4. The van der Waals surface area contributed by atoms with Gasteiger partial charge in [0.2, 0.25) is 0 Å². The van der Waals surface area contributed by atoms with Crippen LogP contribution in [0.3, 0.4) is 0 Å². The molecule has 1 unspecified atom stereocenters. The first-order valence-electron chi connectivity index (χ1n) is 5.94. The lowest BCUT2D eigenvalue weighted by Crippen LogP contribution is -2.37. The molecule has 2 heterocycles. The van der Waals surface area contributed by atoms with Crippen LogP contribution >= 0.6 is 22.9 Å². The van der Waals surface area contributed by atoms with Crippen molar-refractivity contribution in [2.45, 2.75) is 32.4 Å². The van der Waals surface area contributed by atoms with E-state index in [1.54, 1.807) is 11.3 Å². The molecule has 1 aromatic heterocycles. The van der Waals surface area contributed by atoms with Gasteiger partial charge in [0.1, 0.15) is 0 Å². The molecule has 0 spiro atoms. The number of likely N-dealkylation sites (tertiary alicyclic amines) is 1. The van der Waals surface area contributed by atoms with Crippen molar-refractivity contribution in [1.82, 2.24) is 10.2 Å². The van der Waals surface area contributed by atoms with Crippen molar-refractivity contribution in [3.63, 3.8) is 0 Å². The summed E-state index contributed by atoms with van der Waals surface area (Å²) in [6.45, 7) is 6.91. The van der Waals surface area contributed by atoms with Crippen LogP contribution in [0.5, 0.6) is 0 Å². The van der Waals surface area contributed by atoms with Crippen molar-refractivity contribution in [2.75, 3.05) is 19.6 Å². The maximum absolute atomic E-state index is 5.90. The Bertz CT molecular complexity index is 321. The molecule has 1 saturated heterocycles. The van der Waals surface area contributed by atoms with Gasteiger partial charge in [-0.15, -0.1) is 11.3 Å². The second-order valence-electron chi connectivity index (χ2n) is 4.50. The molecule has 0 radical (unpaired) electrons. The molecular formula is C12H19ClN2S. The van der Waals surface area contributed by atoms with Gasteiger partial charge in [-0.1, -0.05) is 11.6 Å². The third-order valence-electron chi connectivity index (χ3n) is 2.98. The van der Waals surface area contributed by atoms with Gasteiger partial charge in [0, 0.05) is 24.0 Å². The van der Waals surface area contributed by atoms with Gasteiger partial charge in [0.15, 0.2) is 0 Å². The molecule has 0 amide bonds. The van der Waals surface area contributed by atoms with E-state index in [1.165, 1.54) is 37.4 Å². The summed E-state index contributed by atoms with van der Waals surface area (Å²) in [5.74, 6) is 0. The number of hydrogen-bond acceptors (Lipinski definition) is 3. The fourth-order valence-corrected chi connectivity index (χ4v) is 3.18. The first-order valence-corrected chi connectivity index (χ1v) is 7.13. The van der Waals surface area contributed by atoms with Gasteiger partial charge in [-0.2, -0.15) is 0 Å². The second kappa shape index (κ2) is 6.01. The van der Waals surface area contributed by atoms with E-state index in [9.17, 15) is 0 Å². The van der Waals surface area contributed by atoms with Gasteiger partial charge in [0.25, 0.3) is 0 Å². The quantitative estimate of drug-likeness (QED) is 0.874. The Morgan fingerprint density at radius 1 is 1.44 bits per heavy atom. The molecule has 0 aromatic carbocycles. The highest BCUT2D eigenvalue weighted by atomic mass is 35.5. The molecule has 1 aliphatic heterocycles. The molecule has 4 heteroatoms. The average Bonchev–Trinajstić information content (AvgIpc) is 2.87. The van der Waals surface area contributed by atoms with Crippen LogP contribution in [0.1, 0.15) is 24.6 Å². The Kier molecular flexibility index (Phi) is 4.65. The summed E-state index contributed by atoms with van der Waals surface area (Å²) in [6.07, 6.45) is 2.74. The molecule has 1 fully saturated rings. The van der Waals surface area contributed by atoms with E-state index in [4.69, 9.17) is 11.6 Å². The summed E-state index contributed by atoms with van der Waals surface area (Å²) in [4.78, 5) is 3.86. The summed E-state index contributed by atoms with van der Waals surface area (Å²) in [5.41, 5.74) is 0. The number of nitrogens with zero attached hydrogens (tertiary/aromatic N) is 1. The lowest BCUT2D eigenvalue weighted by atomic mass is 10.3. The van der Waals surface area contributed by atoms with Gasteiger partial charge < -0.3 is 10.2 Å². The van der Waals surface area contributed by atoms with Crippen molar-refractivity contribution < 1.29 is 0 Å². The van der Waals surface area contributed by atoms with E-state index in [-0.39, 0.29) is 0 Å². The summed E-state index contributed by atoms with van der Waals surface area (Å²) >= 11 is 7.56. The summed E-state index contributed by atoms with van der Waals surface area (Å²) < 4.78 is 0.879. The molecule has 1 aliphatic rings. The minimum Gasteiger partial charge on any atom is -0.308 e. The highest BCUT2D eigenvalue weighted by molar-refractivity contribution is 7.16. The van der Waals surface area contributed by atoms with Crippen LogP contribution < -0.4 is 5.32 Å².